The predicted molar refractivity (Wildman–Crippen MR) is 73.3 cm³/mol. The molecule has 0 spiro atoms. The number of rotatable bonds is 3. The fourth-order valence-electron chi connectivity index (χ4n) is 3.01. The topological polar surface area (TPSA) is 32.8 Å². The summed E-state index contributed by atoms with van der Waals surface area (Å²) in [7, 11) is 3.13. The van der Waals surface area contributed by atoms with Gasteiger partial charge in [-0.3, -0.25) is 9.69 Å². The zero-order valence-electron chi connectivity index (χ0n) is 12.4. The minimum atomic E-state index is -4.45. The van der Waals surface area contributed by atoms with Crippen LogP contribution in [0.15, 0.2) is 12.1 Å². The van der Waals surface area contributed by atoms with Crippen LogP contribution in [0.25, 0.3) is 0 Å². The average Bonchev–Trinajstić information content (AvgIpc) is 2.67. The fourth-order valence-corrected chi connectivity index (χ4v) is 3.01. The lowest BCUT2D eigenvalue weighted by molar-refractivity contribution is -0.138. The highest BCUT2D eigenvalue weighted by molar-refractivity contribution is 5.98. The Hall–Kier alpha value is -1.60. The van der Waals surface area contributed by atoms with Gasteiger partial charge in [-0.2, -0.15) is 13.2 Å². The Morgan fingerprint density at radius 3 is 2.59 bits per heavy atom. The molecule has 4 nitrogen and oxygen atoms in total. The zero-order chi connectivity index (χ0) is 16.1. The Morgan fingerprint density at radius 1 is 1.32 bits per heavy atom. The molecular weight excluding hydrogens is 297 g/mol. The van der Waals surface area contributed by atoms with Crippen molar-refractivity contribution in [2.24, 2.45) is 0 Å². The number of amides is 1. The number of likely N-dealkylation sites (tertiary alicyclic amines) is 1. The number of methoxy groups -OCH3 is 1. The van der Waals surface area contributed by atoms with Gasteiger partial charge in [0.2, 0.25) is 0 Å². The van der Waals surface area contributed by atoms with Crippen LogP contribution in [-0.4, -0.2) is 49.1 Å². The molecule has 0 bridgehead atoms. The number of fused-ring (bicyclic) bond motifs is 1. The molecule has 0 radical (unpaired) electrons. The summed E-state index contributed by atoms with van der Waals surface area (Å²) < 4.78 is 44.9. The SMILES string of the molecule is COC1CN(Cc2cc3c(c(C(F)(F)F)c2)CN(C)C3=O)C1. The van der Waals surface area contributed by atoms with Crippen molar-refractivity contribution in [2.75, 3.05) is 27.2 Å². The standard InChI is InChI=1S/C15H17F3N2O2/c1-19-8-12-11(14(19)21)3-9(4-13(12)15(16,17)18)5-20-6-10(7-20)22-2/h3-4,10H,5-8H2,1-2H3. The maximum Gasteiger partial charge on any atom is 0.416 e. The molecule has 3 rings (SSSR count). The van der Waals surface area contributed by atoms with E-state index in [1.54, 1.807) is 13.2 Å². The Morgan fingerprint density at radius 2 is 2.00 bits per heavy atom. The quantitative estimate of drug-likeness (QED) is 0.857. The predicted octanol–water partition coefficient (Wildman–Crippen LogP) is 2.12. The lowest BCUT2D eigenvalue weighted by Gasteiger charge is -2.38. The van der Waals surface area contributed by atoms with Crippen molar-refractivity contribution in [1.82, 2.24) is 9.80 Å². The van der Waals surface area contributed by atoms with Gasteiger partial charge in [0.1, 0.15) is 0 Å². The van der Waals surface area contributed by atoms with Crippen LogP contribution in [0.1, 0.15) is 27.0 Å². The Kier molecular flexibility index (Phi) is 3.65. The number of nitrogens with zero attached hydrogens (tertiary/aromatic N) is 2. The monoisotopic (exact) mass is 314 g/mol. The smallest absolute Gasteiger partial charge is 0.379 e. The van der Waals surface area contributed by atoms with Crippen LogP contribution < -0.4 is 0 Å². The molecule has 120 valence electrons. The van der Waals surface area contributed by atoms with Crippen LogP contribution >= 0.6 is 0 Å². The molecule has 2 heterocycles. The largest absolute Gasteiger partial charge is 0.416 e. The summed E-state index contributed by atoms with van der Waals surface area (Å²) in [5.74, 6) is -0.347. The second-order valence-corrected chi connectivity index (χ2v) is 5.88. The highest BCUT2D eigenvalue weighted by Gasteiger charge is 2.39. The normalized spacial score (nSPS) is 19.5. The third kappa shape index (κ3) is 2.59. The first-order valence-electron chi connectivity index (χ1n) is 7.03. The van der Waals surface area contributed by atoms with Gasteiger partial charge in [0.25, 0.3) is 5.91 Å². The first-order chi connectivity index (χ1) is 10.3. The van der Waals surface area contributed by atoms with Crippen LogP contribution in [0.3, 0.4) is 0 Å². The maximum absolute atomic E-state index is 13.3. The van der Waals surface area contributed by atoms with Gasteiger partial charge in [0.15, 0.2) is 0 Å². The van der Waals surface area contributed by atoms with Crippen molar-refractivity contribution < 1.29 is 22.7 Å². The Labute approximate surface area is 126 Å². The lowest BCUT2D eigenvalue weighted by atomic mass is 9.98. The molecule has 0 saturated carbocycles. The number of hydrogen-bond donors (Lipinski definition) is 0. The number of ether oxygens (including phenoxy) is 1. The molecule has 1 saturated heterocycles. The average molecular weight is 314 g/mol. The summed E-state index contributed by atoms with van der Waals surface area (Å²) >= 11 is 0. The van der Waals surface area contributed by atoms with Crippen molar-refractivity contribution in [2.45, 2.75) is 25.4 Å². The first-order valence-corrected chi connectivity index (χ1v) is 7.03. The van der Waals surface area contributed by atoms with E-state index in [2.05, 4.69) is 0 Å². The van der Waals surface area contributed by atoms with Crippen LogP contribution in [-0.2, 0) is 24.0 Å². The minimum absolute atomic E-state index is 0.0127. The fraction of sp³-hybridized carbons (Fsp3) is 0.533. The van der Waals surface area contributed by atoms with Gasteiger partial charge < -0.3 is 9.64 Å². The molecule has 0 N–H and O–H groups in total. The molecule has 0 unspecified atom stereocenters. The van der Waals surface area contributed by atoms with E-state index in [0.29, 0.717) is 25.2 Å². The Balaban J connectivity index is 1.91. The number of hydrogen-bond acceptors (Lipinski definition) is 3. The van der Waals surface area contributed by atoms with E-state index in [0.717, 1.165) is 0 Å². The number of halogens is 3. The van der Waals surface area contributed by atoms with Crippen molar-refractivity contribution in [3.05, 3.63) is 34.4 Å². The van der Waals surface area contributed by atoms with Crippen LogP contribution in [0.2, 0.25) is 0 Å². The molecular formula is C15H17F3N2O2. The van der Waals surface area contributed by atoms with Gasteiger partial charge in [0.05, 0.1) is 11.7 Å². The lowest BCUT2D eigenvalue weighted by Crippen LogP contribution is -2.50. The van der Waals surface area contributed by atoms with Crippen molar-refractivity contribution in [3.8, 4) is 0 Å². The van der Waals surface area contributed by atoms with Crippen LogP contribution in [0, 0.1) is 0 Å². The molecule has 1 amide bonds. The molecule has 7 heteroatoms. The number of carbonyl (C=O) groups excluding carboxylic acids is 1. The van der Waals surface area contributed by atoms with Gasteiger partial charge in [-0.25, -0.2) is 0 Å². The van der Waals surface area contributed by atoms with Crippen molar-refractivity contribution in [3.63, 3.8) is 0 Å². The first kappa shape index (κ1) is 15.3. The summed E-state index contributed by atoms with van der Waals surface area (Å²) in [6, 6.07) is 2.77. The summed E-state index contributed by atoms with van der Waals surface area (Å²) in [5, 5.41) is 0. The van der Waals surface area contributed by atoms with E-state index in [-0.39, 0.29) is 29.7 Å². The molecule has 1 aromatic rings. The van der Waals surface area contributed by atoms with Gasteiger partial charge >= 0.3 is 6.18 Å². The highest BCUT2D eigenvalue weighted by Crippen LogP contribution is 2.38. The third-order valence-corrected chi connectivity index (χ3v) is 4.25. The zero-order valence-corrected chi connectivity index (χ0v) is 12.4. The number of carbonyl (C=O) groups is 1. The van der Waals surface area contributed by atoms with E-state index >= 15 is 0 Å². The summed E-state index contributed by atoms with van der Waals surface area (Å²) in [6.07, 6.45) is -4.31. The molecule has 0 aromatic heterocycles. The summed E-state index contributed by atoms with van der Waals surface area (Å²) in [6.45, 7) is 1.80. The van der Waals surface area contributed by atoms with E-state index in [1.165, 1.54) is 18.0 Å². The van der Waals surface area contributed by atoms with E-state index in [9.17, 15) is 18.0 Å². The molecule has 0 atom stereocenters. The molecule has 22 heavy (non-hydrogen) atoms. The van der Waals surface area contributed by atoms with Gasteiger partial charge in [-0.15, -0.1) is 0 Å². The van der Waals surface area contributed by atoms with Gasteiger partial charge in [-0.05, 0) is 23.3 Å². The number of alkyl halides is 3. The van der Waals surface area contributed by atoms with E-state index in [4.69, 9.17) is 4.74 Å². The summed E-state index contributed by atoms with van der Waals surface area (Å²) in [4.78, 5) is 15.3. The van der Waals surface area contributed by atoms with Gasteiger partial charge in [0, 0.05) is 45.9 Å². The highest BCUT2D eigenvalue weighted by atomic mass is 19.4. The van der Waals surface area contributed by atoms with E-state index in [1.807, 2.05) is 4.90 Å². The van der Waals surface area contributed by atoms with Crippen molar-refractivity contribution >= 4 is 5.91 Å². The second-order valence-electron chi connectivity index (χ2n) is 5.88. The maximum atomic E-state index is 13.3. The number of benzene rings is 1. The molecule has 2 aliphatic heterocycles. The van der Waals surface area contributed by atoms with Crippen LogP contribution in [0.5, 0.6) is 0 Å². The molecule has 2 aliphatic rings. The van der Waals surface area contributed by atoms with Crippen molar-refractivity contribution in [1.29, 1.82) is 0 Å². The molecule has 1 aromatic carbocycles. The second kappa shape index (κ2) is 5.24. The summed E-state index contributed by atoms with van der Waals surface area (Å²) in [5.41, 5.74) is 0.0871. The molecule has 1 fully saturated rings. The molecule has 0 aliphatic carbocycles. The third-order valence-electron chi connectivity index (χ3n) is 4.25. The van der Waals surface area contributed by atoms with Crippen LogP contribution in [0.4, 0.5) is 13.2 Å². The Bertz CT molecular complexity index is 610. The minimum Gasteiger partial charge on any atom is -0.379 e. The van der Waals surface area contributed by atoms with Gasteiger partial charge in [-0.1, -0.05) is 0 Å². The van der Waals surface area contributed by atoms with E-state index < -0.39 is 11.7 Å².